The van der Waals surface area contributed by atoms with E-state index in [1.165, 1.54) is 0 Å². The van der Waals surface area contributed by atoms with Crippen molar-refractivity contribution in [3.63, 3.8) is 0 Å². The van der Waals surface area contributed by atoms with E-state index >= 15 is 0 Å². The van der Waals surface area contributed by atoms with Crippen molar-refractivity contribution < 1.29 is 22.1 Å². The summed E-state index contributed by atoms with van der Waals surface area (Å²) < 4.78 is 34.1. The van der Waals surface area contributed by atoms with Gasteiger partial charge >= 0.3 is 16.4 Å². The Hall–Kier alpha value is -4.47. The Morgan fingerprint density at radius 3 is 0.763 bits per heavy atom. The third-order valence-corrected chi connectivity index (χ3v) is 14.4. The second kappa shape index (κ2) is 11.7. The Morgan fingerprint density at radius 2 is 0.526 bits per heavy atom. The van der Waals surface area contributed by atoms with Crippen molar-refractivity contribution in [2.45, 2.75) is 6.55 Å². The van der Waals surface area contributed by atoms with E-state index in [1.807, 2.05) is 158 Å². The number of benzene rings is 5. The molecule has 5 aromatic rings. The van der Waals surface area contributed by atoms with Crippen LogP contribution in [0, 0.1) is 0 Å². The van der Waals surface area contributed by atoms with E-state index in [9.17, 15) is 0 Å². The van der Waals surface area contributed by atoms with Crippen LogP contribution in [-0.4, -0.2) is 16.4 Å². The fourth-order valence-electron chi connectivity index (χ4n) is 3.84. The van der Waals surface area contributed by atoms with Crippen molar-refractivity contribution >= 4 is 16.4 Å². The standard InChI is InChI=1S/C31H28O5Si2/c1-37(32-27-17-7-2-8-18-27,33-28-19-9-3-10-20-28)38(34-29-21-11-4-12-22-29,35-30-23-13-5-14-24-30)36-31-25-15-6-16-26-31/h2-26H,1H3. The largest absolute Gasteiger partial charge is 0.759 e. The fraction of sp³-hybridized carbons (Fsp3) is 0.0323. The molecule has 190 valence electrons. The summed E-state index contributed by atoms with van der Waals surface area (Å²) in [4.78, 5) is 0. The summed E-state index contributed by atoms with van der Waals surface area (Å²) in [5, 5.41) is 0. The molecule has 0 aliphatic heterocycles. The third kappa shape index (κ3) is 6.08. The van der Waals surface area contributed by atoms with Gasteiger partial charge in [0.25, 0.3) is 0 Å². The van der Waals surface area contributed by atoms with E-state index < -0.39 is 16.4 Å². The first kappa shape index (κ1) is 25.2. The zero-order valence-corrected chi connectivity index (χ0v) is 23.0. The van der Waals surface area contributed by atoms with E-state index in [0.29, 0.717) is 28.7 Å². The zero-order chi connectivity index (χ0) is 26.1. The summed E-state index contributed by atoms with van der Waals surface area (Å²) >= 11 is 0. The first-order valence-corrected chi connectivity index (χ1v) is 17.4. The number of hydrogen-bond donors (Lipinski definition) is 0. The zero-order valence-electron chi connectivity index (χ0n) is 21.0. The highest BCUT2D eigenvalue weighted by molar-refractivity contribution is 7.30. The van der Waals surface area contributed by atoms with Gasteiger partial charge in [0.15, 0.2) is 0 Å². The number of rotatable bonds is 11. The SMILES string of the molecule is C[Si](Oc1ccccc1)(Oc1ccccc1)[Si](Oc1ccccc1)(Oc1ccccc1)Oc1ccccc1. The van der Waals surface area contributed by atoms with Crippen molar-refractivity contribution in [2.24, 2.45) is 0 Å². The Morgan fingerprint density at radius 1 is 0.316 bits per heavy atom. The second-order valence-electron chi connectivity index (χ2n) is 8.58. The number of para-hydroxylation sites is 5. The van der Waals surface area contributed by atoms with Gasteiger partial charge in [0.05, 0.1) is 0 Å². The van der Waals surface area contributed by atoms with Crippen LogP contribution in [0.2, 0.25) is 6.55 Å². The average Bonchev–Trinajstić information content (AvgIpc) is 2.95. The van der Waals surface area contributed by atoms with E-state index in [-0.39, 0.29) is 0 Å². The summed E-state index contributed by atoms with van der Waals surface area (Å²) in [5.74, 6) is 3.06. The highest BCUT2D eigenvalue weighted by atomic mass is 29.3. The Balaban J connectivity index is 1.70. The molecule has 0 radical (unpaired) electrons. The summed E-state index contributed by atoms with van der Waals surface area (Å²) in [6.07, 6.45) is 0. The molecule has 0 atom stereocenters. The first-order valence-electron chi connectivity index (χ1n) is 12.3. The van der Waals surface area contributed by atoms with Gasteiger partial charge < -0.3 is 22.1 Å². The lowest BCUT2D eigenvalue weighted by atomic mass is 10.3. The van der Waals surface area contributed by atoms with Gasteiger partial charge in [0.2, 0.25) is 0 Å². The average molecular weight is 537 g/mol. The van der Waals surface area contributed by atoms with Crippen LogP contribution >= 0.6 is 0 Å². The van der Waals surface area contributed by atoms with E-state index in [2.05, 4.69) is 0 Å². The molecule has 0 unspecified atom stereocenters. The molecule has 5 rings (SSSR count). The minimum atomic E-state index is -3.94. The van der Waals surface area contributed by atoms with Crippen molar-refractivity contribution in [2.75, 3.05) is 0 Å². The van der Waals surface area contributed by atoms with E-state index in [1.54, 1.807) is 0 Å². The van der Waals surface area contributed by atoms with Gasteiger partial charge in [-0.15, -0.1) is 0 Å². The molecule has 0 aliphatic carbocycles. The molecule has 0 N–H and O–H groups in total. The highest BCUT2D eigenvalue weighted by Gasteiger charge is 2.77. The van der Waals surface area contributed by atoms with Gasteiger partial charge in [-0.3, -0.25) is 0 Å². The lowest BCUT2D eigenvalue weighted by molar-refractivity contribution is 0.256. The summed E-state index contributed by atoms with van der Waals surface area (Å²) in [7, 11) is -7.53. The molecule has 0 saturated heterocycles. The molecule has 0 fully saturated rings. The van der Waals surface area contributed by atoms with E-state index in [4.69, 9.17) is 22.1 Å². The van der Waals surface area contributed by atoms with Crippen molar-refractivity contribution in [1.82, 2.24) is 0 Å². The maximum absolute atomic E-state index is 6.83. The molecule has 5 nitrogen and oxygen atoms in total. The van der Waals surface area contributed by atoms with Crippen LogP contribution in [0.4, 0.5) is 0 Å². The van der Waals surface area contributed by atoms with Crippen LogP contribution < -0.4 is 22.1 Å². The smallest absolute Gasteiger partial charge is 0.508 e. The van der Waals surface area contributed by atoms with Crippen LogP contribution in [0.15, 0.2) is 152 Å². The van der Waals surface area contributed by atoms with Gasteiger partial charge in [-0.2, -0.15) is 0 Å². The molecule has 7 heteroatoms. The molecule has 5 aromatic carbocycles. The Bertz CT molecular complexity index is 1250. The Labute approximate surface area is 225 Å². The second-order valence-corrected chi connectivity index (χ2v) is 17.2. The summed E-state index contributed by atoms with van der Waals surface area (Å²) in [6, 6.07) is 47.7. The van der Waals surface area contributed by atoms with Crippen LogP contribution in [-0.2, 0) is 0 Å². The molecule has 0 aliphatic rings. The maximum atomic E-state index is 6.83. The first-order chi connectivity index (χ1) is 18.6. The van der Waals surface area contributed by atoms with Gasteiger partial charge in [0.1, 0.15) is 28.7 Å². The molecule has 38 heavy (non-hydrogen) atoms. The van der Waals surface area contributed by atoms with Crippen molar-refractivity contribution in [1.29, 1.82) is 0 Å². The van der Waals surface area contributed by atoms with Gasteiger partial charge in [0, 0.05) is 6.55 Å². The van der Waals surface area contributed by atoms with Gasteiger partial charge in [-0.05, 0) is 60.7 Å². The normalized spacial score (nSPS) is 11.3. The van der Waals surface area contributed by atoms with E-state index in [0.717, 1.165) is 0 Å². The third-order valence-electron chi connectivity index (χ3n) is 5.65. The molecule has 0 spiro atoms. The monoisotopic (exact) mass is 536 g/mol. The molecule has 0 bridgehead atoms. The van der Waals surface area contributed by atoms with Crippen LogP contribution in [0.3, 0.4) is 0 Å². The van der Waals surface area contributed by atoms with Gasteiger partial charge in [-0.25, -0.2) is 0 Å². The van der Waals surface area contributed by atoms with Crippen molar-refractivity contribution in [3.8, 4) is 28.7 Å². The minimum Gasteiger partial charge on any atom is -0.508 e. The predicted molar refractivity (Wildman–Crippen MR) is 153 cm³/mol. The number of hydrogen-bond acceptors (Lipinski definition) is 5. The maximum Gasteiger partial charge on any atom is 0.759 e. The van der Waals surface area contributed by atoms with Crippen molar-refractivity contribution in [3.05, 3.63) is 152 Å². The molecule has 0 aromatic heterocycles. The molecule has 0 heterocycles. The summed E-state index contributed by atoms with van der Waals surface area (Å²) in [6.45, 7) is 1.94. The fourth-order valence-corrected chi connectivity index (χ4v) is 11.5. The van der Waals surface area contributed by atoms with Crippen LogP contribution in [0.25, 0.3) is 0 Å². The molecule has 0 amide bonds. The topological polar surface area (TPSA) is 46.2 Å². The lowest BCUT2D eigenvalue weighted by Crippen LogP contribution is -2.79. The minimum absolute atomic E-state index is 0.595. The van der Waals surface area contributed by atoms with Crippen LogP contribution in [0.5, 0.6) is 28.7 Å². The molecular weight excluding hydrogens is 509 g/mol. The lowest BCUT2D eigenvalue weighted by Gasteiger charge is -2.39. The molecular formula is C31H28O5Si2. The van der Waals surface area contributed by atoms with Crippen LogP contribution in [0.1, 0.15) is 0 Å². The highest BCUT2D eigenvalue weighted by Crippen LogP contribution is 2.33. The molecule has 0 saturated carbocycles. The summed E-state index contributed by atoms with van der Waals surface area (Å²) in [5.41, 5.74) is 0. The Kier molecular flexibility index (Phi) is 7.77. The van der Waals surface area contributed by atoms with Gasteiger partial charge in [-0.1, -0.05) is 91.0 Å². The quantitative estimate of drug-likeness (QED) is 0.164. The predicted octanol–water partition coefficient (Wildman–Crippen LogP) is 7.47.